The summed E-state index contributed by atoms with van der Waals surface area (Å²) in [6, 6.07) is 14.6. The zero-order valence-corrected chi connectivity index (χ0v) is 19.3. The highest BCUT2D eigenvalue weighted by atomic mass is 35.5. The number of aromatic carboxylic acids is 1. The zero-order chi connectivity index (χ0) is 23.7. The van der Waals surface area contributed by atoms with E-state index in [1.807, 2.05) is 24.3 Å². The first-order valence-electron chi connectivity index (χ1n) is 10.5. The number of rotatable bonds is 5. The molecule has 4 aromatic rings. The molecule has 2 N–H and O–H groups in total. The molecule has 0 unspecified atom stereocenters. The lowest BCUT2D eigenvalue weighted by Gasteiger charge is -2.28. The van der Waals surface area contributed by atoms with E-state index in [2.05, 4.69) is 25.2 Å². The summed E-state index contributed by atoms with van der Waals surface area (Å²) in [7, 11) is 0. The van der Waals surface area contributed by atoms with Gasteiger partial charge >= 0.3 is 5.97 Å². The summed E-state index contributed by atoms with van der Waals surface area (Å²) in [5.74, 6) is -0.904. The van der Waals surface area contributed by atoms with E-state index in [-0.39, 0.29) is 11.3 Å². The number of carboxylic acid groups (broad SMARTS) is 1. The number of nitrogens with zero attached hydrogens (tertiary/aromatic N) is 4. The smallest absolute Gasteiger partial charge is 0.355 e. The van der Waals surface area contributed by atoms with E-state index in [0.29, 0.717) is 32.5 Å². The van der Waals surface area contributed by atoms with Crippen LogP contribution in [-0.4, -0.2) is 52.3 Å². The minimum Gasteiger partial charge on any atom is -0.476 e. The first-order chi connectivity index (χ1) is 16.5. The average molecular weight is 496 g/mol. The van der Waals surface area contributed by atoms with Crippen LogP contribution in [-0.2, 0) is 4.74 Å². The number of nitrogens with one attached hydrogen (secondary N) is 1. The fraction of sp³-hybridized carbons (Fsp3) is 0.167. The van der Waals surface area contributed by atoms with Gasteiger partial charge < -0.3 is 20.1 Å². The number of hydrogen-bond donors (Lipinski definition) is 2. The van der Waals surface area contributed by atoms with Crippen molar-refractivity contribution in [3.63, 3.8) is 0 Å². The molecule has 2 aromatic heterocycles. The molecule has 1 saturated heterocycles. The molecule has 3 heterocycles. The summed E-state index contributed by atoms with van der Waals surface area (Å²) in [5, 5.41) is 14.1. The van der Waals surface area contributed by atoms with Gasteiger partial charge in [0.2, 0.25) is 5.95 Å². The van der Waals surface area contributed by atoms with Gasteiger partial charge in [0.25, 0.3) is 0 Å². The number of pyridine rings is 1. The molecule has 34 heavy (non-hydrogen) atoms. The van der Waals surface area contributed by atoms with Gasteiger partial charge in [-0.05, 0) is 42.5 Å². The summed E-state index contributed by atoms with van der Waals surface area (Å²) < 4.78 is 5.40. The van der Waals surface area contributed by atoms with Gasteiger partial charge in [0, 0.05) is 57.2 Å². The quantitative estimate of drug-likeness (QED) is 0.385. The van der Waals surface area contributed by atoms with Crippen molar-refractivity contribution >= 4 is 57.5 Å². The minimum atomic E-state index is -1.21. The van der Waals surface area contributed by atoms with E-state index < -0.39 is 5.97 Å². The Bertz CT molecular complexity index is 1360. The molecule has 1 fully saturated rings. The van der Waals surface area contributed by atoms with Gasteiger partial charge in [0.05, 0.1) is 13.2 Å². The Labute approximate surface area is 205 Å². The molecular weight excluding hydrogens is 477 g/mol. The molecule has 0 amide bonds. The van der Waals surface area contributed by atoms with Gasteiger partial charge in [-0.2, -0.15) is 4.98 Å². The van der Waals surface area contributed by atoms with Crippen molar-refractivity contribution in [2.75, 3.05) is 36.5 Å². The van der Waals surface area contributed by atoms with Crippen molar-refractivity contribution in [3.8, 4) is 11.1 Å². The number of aromatic nitrogens is 3. The maximum absolute atomic E-state index is 12.0. The van der Waals surface area contributed by atoms with E-state index in [1.54, 1.807) is 30.5 Å². The van der Waals surface area contributed by atoms with E-state index >= 15 is 0 Å². The van der Waals surface area contributed by atoms with Crippen molar-refractivity contribution < 1.29 is 14.6 Å². The van der Waals surface area contributed by atoms with Crippen molar-refractivity contribution in [3.05, 3.63) is 70.5 Å². The monoisotopic (exact) mass is 495 g/mol. The molecule has 172 valence electrons. The van der Waals surface area contributed by atoms with E-state index in [4.69, 9.17) is 27.9 Å². The Kier molecular flexibility index (Phi) is 6.19. The molecule has 5 rings (SSSR count). The van der Waals surface area contributed by atoms with Crippen LogP contribution >= 0.6 is 23.2 Å². The van der Waals surface area contributed by atoms with Crippen LogP contribution in [0.3, 0.4) is 0 Å². The number of carbonyl (C=O) groups is 1. The Balaban J connectivity index is 1.46. The summed E-state index contributed by atoms with van der Waals surface area (Å²) >= 11 is 12.6. The fourth-order valence-corrected chi connectivity index (χ4v) is 4.44. The summed E-state index contributed by atoms with van der Waals surface area (Å²) in [6.45, 7) is 3.17. The lowest BCUT2D eigenvalue weighted by Crippen LogP contribution is -2.36. The number of hydrogen-bond acceptors (Lipinski definition) is 7. The maximum atomic E-state index is 12.0. The number of ether oxygens (including phenoxy) is 1. The van der Waals surface area contributed by atoms with Crippen molar-refractivity contribution in [2.24, 2.45) is 0 Å². The molecule has 0 radical (unpaired) electrons. The number of halogens is 2. The van der Waals surface area contributed by atoms with Crippen LogP contribution in [0.1, 0.15) is 10.5 Å². The van der Waals surface area contributed by atoms with Crippen molar-refractivity contribution in [2.45, 2.75) is 0 Å². The van der Waals surface area contributed by atoms with Gasteiger partial charge in [0.1, 0.15) is 0 Å². The fourth-order valence-electron chi connectivity index (χ4n) is 3.84. The molecule has 0 spiro atoms. The summed E-state index contributed by atoms with van der Waals surface area (Å²) in [6.07, 6.45) is 1.58. The van der Waals surface area contributed by atoms with Crippen LogP contribution in [0.2, 0.25) is 10.0 Å². The Morgan fingerprint density at radius 1 is 1.03 bits per heavy atom. The second kappa shape index (κ2) is 9.42. The van der Waals surface area contributed by atoms with E-state index in [1.165, 1.54) is 0 Å². The number of morpholine rings is 1. The highest BCUT2D eigenvalue weighted by Gasteiger charge is 2.20. The largest absolute Gasteiger partial charge is 0.476 e. The molecule has 1 aliphatic heterocycles. The van der Waals surface area contributed by atoms with Gasteiger partial charge in [0.15, 0.2) is 11.3 Å². The van der Waals surface area contributed by atoms with Crippen molar-refractivity contribution in [1.29, 1.82) is 0 Å². The number of anilines is 3. The van der Waals surface area contributed by atoms with Crippen LogP contribution in [0, 0.1) is 0 Å². The average Bonchev–Trinajstić information content (AvgIpc) is 2.84. The number of fused-ring (bicyclic) bond motifs is 1. The van der Waals surface area contributed by atoms with Gasteiger partial charge in [-0.1, -0.05) is 29.3 Å². The third-order valence-corrected chi connectivity index (χ3v) is 6.13. The second-order valence-corrected chi connectivity index (χ2v) is 8.48. The van der Waals surface area contributed by atoms with Crippen LogP contribution in [0.15, 0.2) is 54.7 Å². The molecule has 8 nitrogen and oxygen atoms in total. The van der Waals surface area contributed by atoms with Crippen LogP contribution in [0.25, 0.3) is 22.2 Å². The van der Waals surface area contributed by atoms with Gasteiger partial charge in [-0.15, -0.1) is 0 Å². The third kappa shape index (κ3) is 4.48. The molecule has 0 saturated carbocycles. The third-order valence-electron chi connectivity index (χ3n) is 5.50. The second-order valence-electron chi connectivity index (χ2n) is 7.66. The van der Waals surface area contributed by atoms with E-state index in [9.17, 15) is 9.90 Å². The topological polar surface area (TPSA) is 100 Å². The molecular formula is C24H19Cl2N5O3. The van der Waals surface area contributed by atoms with Gasteiger partial charge in [-0.25, -0.2) is 14.8 Å². The lowest BCUT2D eigenvalue weighted by molar-refractivity contribution is 0.0692. The van der Waals surface area contributed by atoms with Crippen molar-refractivity contribution in [1.82, 2.24) is 15.0 Å². The standard InChI is InChI=1S/C24H19Cl2N5O3/c25-18-2-1-3-19(26)20(18)17-12-14-13-27-24(30-22(14)29-21(17)23(32)33)28-15-4-6-16(7-5-15)31-8-10-34-11-9-31/h1-7,12-13H,8-11H2,(H,32,33)(H,27,28,29,30). The lowest BCUT2D eigenvalue weighted by atomic mass is 10.0. The molecule has 0 bridgehead atoms. The van der Waals surface area contributed by atoms with Crippen LogP contribution in [0.5, 0.6) is 0 Å². The first kappa shape index (κ1) is 22.3. The predicted octanol–water partition coefficient (Wildman–Crippen LogP) is 5.28. The summed E-state index contributed by atoms with van der Waals surface area (Å²) in [5.41, 5.74) is 2.67. The number of benzene rings is 2. The van der Waals surface area contributed by atoms with Crippen LogP contribution < -0.4 is 10.2 Å². The van der Waals surface area contributed by atoms with Gasteiger partial charge in [-0.3, -0.25) is 0 Å². The molecule has 2 aromatic carbocycles. The SMILES string of the molecule is O=C(O)c1nc2nc(Nc3ccc(N4CCOCC4)cc3)ncc2cc1-c1c(Cl)cccc1Cl. The maximum Gasteiger partial charge on any atom is 0.355 e. The zero-order valence-electron chi connectivity index (χ0n) is 17.8. The molecule has 0 aliphatic carbocycles. The number of carboxylic acids is 1. The normalized spacial score (nSPS) is 13.8. The van der Waals surface area contributed by atoms with E-state index in [0.717, 1.165) is 37.7 Å². The molecule has 1 aliphatic rings. The highest BCUT2D eigenvalue weighted by molar-refractivity contribution is 6.39. The predicted molar refractivity (Wildman–Crippen MR) is 133 cm³/mol. The highest BCUT2D eigenvalue weighted by Crippen LogP contribution is 2.37. The van der Waals surface area contributed by atoms with Crippen LogP contribution in [0.4, 0.5) is 17.3 Å². The molecule has 10 heteroatoms. The molecule has 0 atom stereocenters. The Morgan fingerprint density at radius 2 is 1.74 bits per heavy atom. The first-order valence-corrected chi connectivity index (χ1v) is 11.3. The Morgan fingerprint density at radius 3 is 2.41 bits per heavy atom. The Hall–Kier alpha value is -3.46. The minimum absolute atomic E-state index is 0.193. The summed E-state index contributed by atoms with van der Waals surface area (Å²) in [4.78, 5) is 27.3.